The van der Waals surface area contributed by atoms with Crippen molar-refractivity contribution in [2.24, 2.45) is 0 Å². The number of fused-ring (bicyclic) bond motifs is 3. The first-order valence-electron chi connectivity index (χ1n) is 13.8. The molecule has 0 spiro atoms. The van der Waals surface area contributed by atoms with Crippen LogP contribution in [0.2, 0.25) is 0 Å². The quantitative estimate of drug-likeness (QED) is 0.236. The number of thiazole rings is 1. The molecule has 2 saturated heterocycles. The molecular formula is C28H26F6N6O2S. The second-order valence-corrected chi connectivity index (χ2v) is 12.5. The fourth-order valence-corrected chi connectivity index (χ4v) is 7.37. The van der Waals surface area contributed by atoms with Crippen molar-refractivity contribution in [3.8, 4) is 17.1 Å². The summed E-state index contributed by atoms with van der Waals surface area (Å²) < 4.78 is 94.8. The summed E-state index contributed by atoms with van der Waals surface area (Å²) in [5.74, 6) is -2.16. The summed E-state index contributed by atoms with van der Waals surface area (Å²) in [6.45, 7) is 1.02. The summed E-state index contributed by atoms with van der Waals surface area (Å²) in [6.07, 6.45) is -4.17. The molecule has 3 fully saturated rings. The third-order valence-corrected chi connectivity index (χ3v) is 9.58. The molecule has 43 heavy (non-hydrogen) atoms. The van der Waals surface area contributed by atoms with Gasteiger partial charge in [0.05, 0.1) is 27.4 Å². The largest absolute Gasteiger partial charge is 0.461 e. The minimum absolute atomic E-state index is 0.0201. The third-order valence-electron chi connectivity index (χ3n) is 8.68. The molecule has 0 amide bonds. The standard InChI is InChI=1S/C28H26F6N6O2S/c29-12-9-27(4-1-5-40(27)10-12)11-42-26-38-21-16(24(39-26)36-13-6-14(41)7-13)8-17(28(32,33)34)19(20(21)31)15-2-3-18(30)23-22(15)37-25(35)43-23/h2-3,8,12-14,41H,1,4-7,9-11H2,(H2,35,37)(H,36,38,39)/t12-,13-,14+,27+/m1/s1. The average Bonchev–Trinajstić information content (AvgIpc) is 3.58. The molecule has 4 aromatic rings. The number of nitrogens with two attached hydrogens (primary N) is 1. The Hall–Kier alpha value is -3.43. The number of ether oxygens (including phenoxy) is 1. The lowest BCUT2D eigenvalue weighted by Gasteiger charge is -2.33. The zero-order valence-corrected chi connectivity index (χ0v) is 23.3. The first-order valence-corrected chi connectivity index (χ1v) is 14.7. The predicted octanol–water partition coefficient (Wildman–Crippen LogP) is 5.68. The van der Waals surface area contributed by atoms with Gasteiger partial charge in [-0.15, -0.1) is 0 Å². The maximum atomic E-state index is 16.5. The Kier molecular flexibility index (Phi) is 6.63. The van der Waals surface area contributed by atoms with Crippen LogP contribution in [-0.4, -0.2) is 68.5 Å². The van der Waals surface area contributed by atoms with Crippen molar-refractivity contribution >= 4 is 43.4 Å². The van der Waals surface area contributed by atoms with Gasteiger partial charge in [-0.2, -0.15) is 23.1 Å². The van der Waals surface area contributed by atoms with Crippen LogP contribution in [0.5, 0.6) is 6.01 Å². The van der Waals surface area contributed by atoms with Crippen LogP contribution < -0.4 is 15.8 Å². The van der Waals surface area contributed by atoms with Crippen LogP contribution >= 0.6 is 11.3 Å². The summed E-state index contributed by atoms with van der Waals surface area (Å²) in [7, 11) is 0. The van der Waals surface area contributed by atoms with Crippen LogP contribution in [0, 0.1) is 11.6 Å². The Morgan fingerprint density at radius 2 is 1.95 bits per heavy atom. The Balaban J connectivity index is 1.39. The van der Waals surface area contributed by atoms with Crippen LogP contribution in [0.25, 0.3) is 32.2 Å². The van der Waals surface area contributed by atoms with E-state index >= 15 is 4.39 Å². The van der Waals surface area contributed by atoms with E-state index in [-0.39, 0.29) is 63.7 Å². The minimum Gasteiger partial charge on any atom is -0.461 e. The van der Waals surface area contributed by atoms with E-state index in [0.29, 0.717) is 25.8 Å². The number of anilines is 2. The lowest BCUT2D eigenvalue weighted by molar-refractivity contribution is -0.137. The van der Waals surface area contributed by atoms with Crippen LogP contribution in [0.4, 0.5) is 37.3 Å². The number of nitrogens with one attached hydrogen (secondary N) is 1. The summed E-state index contributed by atoms with van der Waals surface area (Å²) in [5.41, 5.74) is 2.02. The van der Waals surface area contributed by atoms with Gasteiger partial charge in [-0.3, -0.25) is 4.90 Å². The van der Waals surface area contributed by atoms with Crippen molar-refractivity contribution in [2.75, 3.05) is 30.7 Å². The molecule has 2 atom stereocenters. The number of nitrogens with zero attached hydrogens (tertiary/aromatic N) is 4. The van der Waals surface area contributed by atoms with Crippen molar-refractivity contribution in [3.63, 3.8) is 0 Å². The minimum atomic E-state index is -5.03. The average molecular weight is 625 g/mol. The Morgan fingerprint density at radius 3 is 2.70 bits per heavy atom. The monoisotopic (exact) mass is 624 g/mol. The van der Waals surface area contributed by atoms with Gasteiger partial charge < -0.3 is 20.9 Å². The molecule has 4 N–H and O–H groups in total. The number of alkyl halides is 4. The highest BCUT2D eigenvalue weighted by Gasteiger charge is 2.49. The topological polar surface area (TPSA) is 109 Å². The number of hydrogen-bond acceptors (Lipinski definition) is 9. The predicted molar refractivity (Wildman–Crippen MR) is 149 cm³/mol. The van der Waals surface area contributed by atoms with Crippen molar-refractivity contribution < 1.29 is 36.2 Å². The van der Waals surface area contributed by atoms with E-state index in [1.54, 1.807) is 0 Å². The molecule has 2 aliphatic heterocycles. The Labute approximate surface area is 244 Å². The number of rotatable bonds is 6. The zero-order chi connectivity index (χ0) is 30.3. The van der Waals surface area contributed by atoms with E-state index < -0.39 is 52.3 Å². The van der Waals surface area contributed by atoms with E-state index in [9.17, 15) is 27.1 Å². The number of aliphatic hydroxyl groups excluding tert-OH is 1. The van der Waals surface area contributed by atoms with Gasteiger partial charge in [-0.1, -0.05) is 11.3 Å². The van der Waals surface area contributed by atoms with Crippen LogP contribution in [0.15, 0.2) is 18.2 Å². The molecule has 15 heteroatoms. The van der Waals surface area contributed by atoms with Gasteiger partial charge in [-0.25, -0.2) is 18.2 Å². The number of benzene rings is 2. The molecule has 0 radical (unpaired) electrons. The lowest BCUT2D eigenvalue weighted by Crippen LogP contribution is -2.43. The number of aliphatic hydroxyl groups is 1. The number of halogens is 6. The first-order chi connectivity index (χ1) is 20.4. The summed E-state index contributed by atoms with van der Waals surface area (Å²) in [4.78, 5) is 14.5. The molecule has 2 aromatic carbocycles. The summed E-state index contributed by atoms with van der Waals surface area (Å²) >= 11 is 0.738. The van der Waals surface area contributed by atoms with Gasteiger partial charge in [0.2, 0.25) is 0 Å². The fourth-order valence-electron chi connectivity index (χ4n) is 6.61. The molecule has 1 saturated carbocycles. The van der Waals surface area contributed by atoms with Gasteiger partial charge in [0.25, 0.3) is 0 Å². The SMILES string of the molecule is Nc1nc2c(-c3c(C(F)(F)F)cc4c(N[C@H]5C[C@@H](O)C5)nc(OC[C@@]56CCCN5C[C@H](F)C6)nc4c3F)ccc(F)c2s1. The number of aromatic nitrogens is 3. The molecule has 0 bridgehead atoms. The Bertz CT molecular complexity index is 1750. The van der Waals surface area contributed by atoms with Crippen LogP contribution in [0.3, 0.4) is 0 Å². The molecule has 228 valence electrons. The second-order valence-electron chi connectivity index (χ2n) is 11.5. The molecule has 0 unspecified atom stereocenters. The first kappa shape index (κ1) is 28.3. The van der Waals surface area contributed by atoms with E-state index in [1.807, 2.05) is 4.90 Å². The molecule has 3 aliphatic rings. The van der Waals surface area contributed by atoms with Gasteiger partial charge in [0.15, 0.2) is 10.9 Å². The fraction of sp³-hybridized carbons (Fsp3) is 0.464. The molecular weight excluding hydrogens is 598 g/mol. The van der Waals surface area contributed by atoms with Crippen molar-refractivity contribution in [1.82, 2.24) is 19.9 Å². The normalized spacial score (nSPS) is 25.8. The highest BCUT2D eigenvalue weighted by atomic mass is 32.1. The second kappa shape index (κ2) is 10.1. The molecule has 8 nitrogen and oxygen atoms in total. The number of nitrogen functional groups attached to an aromatic ring is 1. The van der Waals surface area contributed by atoms with Gasteiger partial charge >= 0.3 is 12.2 Å². The summed E-state index contributed by atoms with van der Waals surface area (Å²) in [5, 5.41) is 12.4. The number of hydrogen-bond donors (Lipinski definition) is 3. The summed E-state index contributed by atoms with van der Waals surface area (Å²) in [6, 6.07) is 2.12. The van der Waals surface area contributed by atoms with Crippen molar-refractivity contribution in [1.29, 1.82) is 0 Å². The van der Waals surface area contributed by atoms with Gasteiger partial charge in [0, 0.05) is 35.5 Å². The van der Waals surface area contributed by atoms with E-state index in [2.05, 4.69) is 20.3 Å². The van der Waals surface area contributed by atoms with Gasteiger partial charge in [0.1, 0.15) is 29.9 Å². The van der Waals surface area contributed by atoms with Crippen LogP contribution in [-0.2, 0) is 6.18 Å². The zero-order valence-electron chi connectivity index (χ0n) is 22.5. The van der Waals surface area contributed by atoms with Crippen molar-refractivity contribution in [2.45, 2.75) is 62.1 Å². The molecule has 1 aliphatic carbocycles. The van der Waals surface area contributed by atoms with E-state index in [0.717, 1.165) is 36.0 Å². The highest BCUT2D eigenvalue weighted by molar-refractivity contribution is 7.22. The Morgan fingerprint density at radius 1 is 1.16 bits per heavy atom. The maximum absolute atomic E-state index is 16.5. The molecule has 7 rings (SSSR count). The van der Waals surface area contributed by atoms with Crippen molar-refractivity contribution in [3.05, 3.63) is 35.4 Å². The molecule has 2 aromatic heterocycles. The maximum Gasteiger partial charge on any atom is 0.417 e. The van der Waals surface area contributed by atoms with Crippen LogP contribution in [0.1, 0.15) is 37.7 Å². The van der Waals surface area contributed by atoms with E-state index in [1.165, 1.54) is 0 Å². The molecule has 4 heterocycles. The lowest BCUT2D eigenvalue weighted by atomic mass is 9.89. The smallest absolute Gasteiger partial charge is 0.417 e. The third kappa shape index (κ3) is 4.81. The highest BCUT2D eigenvalue weighted by Crippen LogP contribution is 2.46. The van der Waals surface area contributed by atoms with E-state index in [4.69, 9.17) is 10.5 Å². The van der Waals surface area contributed by atoms with Gasteiger partial charge in [-0.05, 0) is 50.4 Å².